The number of hydrogen-bond donors (Lipinski definition) is 1. The lowest BCUT2D eigenvalue weighted by Crippen LogP contribution is -2.30. The maximum absolute atomic E-state index is 12.9. The first-order valence-electron chi connectivity index (χ1n) is 10.5. The smallest absolute Gasteiger partial charge is 0.408 e. The number of thiazole rings is 1. The van der Waals surface area contributed by atoms with Crippen molar-refractivity contribution < 1.29 is 23.0 Å². The van der Waals surface area contributed by atoms with Crippen LogP contribution in [0.5, 0.6) is 5.75 Å². The number of rotatable bonds is 5. The van der Waals surface area contributed by atoms with E-state index in [1.165, 1.54) is 11.3 Å². The molecule has 4 heterocycles. The maximum Gasteiger partial charge on any atom is 0.408 e. The van der Waals surface area contributed by atoms with Crippen molar-refractivity contribution in [2.75, 3.05) is 13.2 Å². The highest BCUT2D eigenvalue weighted by atomic mass is 32.1. The third-order valence-corrected chi connectivity index (χ3v) is 6.69. The van der Waals surface area contributed by atoms with Gasteiger partial charge in [0, 0.05) is 28.6 Å². The monoisotopic (exact) mass is 490 g/mol. The summed E-state index contributed by atoms with van der Waals surface area (Å²) in [5.74, 6) is 0.729. The quantitative estimate of drug-likeness (QED) is 0.452. The number of halogens is 3. The summed E-state index contributed by atoms with van der Waals surface area (Å²) < 4.78 is 47.3. The van der Waals surface area contributed by atoms with Gasteiger partial charge in [-0.1, -0.05) is 6.07 Å². The van der Waals surface area contributed by atoms with Crippen LogP contribution in [-0.2, 0) is 18.5 Å². The number of aromatic nitrogens is 6. The largest absolute Gasteiger partial charge is 0.492 e. The standard InChI is InChI=1S/C22H21F3N6O2S/c1-21(2,11-32)31-9-14(8-27-31)13-3-4-15-16(7-13)33-6-5-17-18(15)29-20(34-17)19-26-12-28-30(19)10-22(23,24)25/h3-4,7-9,12,32H,5-6,10-11H2,1-2H3. The van der Waals surface area contributed by atoms with Crippen LogP contribution in [0.2, 0.25) is 0 Å². The van der Waals surface area contributed by atoms with Crippen LogP contribution in [0.15, 0.2) is 36.9 Å². The molecule has 8 nitrogen and oxygen atoms in total. The number of ether oxygens (including phenoxy) is 1. The van der Waals surface area contributed by atoms with Crippen LogP contribution in [0.3, 0.4) is 0 Å². The lowest BCUT2D eigenvalue weighted by Gasteiger charge is -2.22. The van der Waals surface area contributed by atoms with Gasteiger partial charge in [-0.15, -0.1) is 11.3 Å². The maximum atomic E-state index is 12.9. The van der Waals surface area contributed by atoms with E-state index in [9.17, 15) is 18.3 Å². The molecule has 0 bridgehead atoms. The molecule has 0 unspecified atom stereocenters. The van der Waals surface area contributed by atoms with Crippen LogP contribution in [0.4, 0.5) is 13.2 Å². The molecule has 1 aliphatic heterocycles. The van der Waals surface area contributed by atoms with E-state index in [4.69, 9.17) is 4.74 Å². The zero-order valence-corrected chi connectivity index (χ0v) is 19.2. The Kier molecular flexibility index (Phi) is 5.44. The Hall–Kier alpha value is -3.25. The third kappa shape index (κ3) is 4.18. The molecule has 0 fully saturated rings. The topological polar surface area (TPSA) is 90.9 Å². The van der Waals surface area contributed by atoms with Crippen LogP contribution in [0.1, 0.15) is 18.7 Å². The Bertz CT molecular complexity index is 1340. The minimum absolute atomic E-state index is 0.0485. The predicted molar refractivity (Wildman–Crippen MR) is 119 cm³/mol. The van der Waals surface area contributed by atoms with Gasteiger partial charge in [-0.2, -0.15) is 23.4 Å². The fourth-order valence-electron chi connectivity index (χ4n) is 3.69. The highest BCUT2D eigenvalue weighted by molar-refractivity contribution is 7.15. The molecule has 0 radical (unpaired) electrons. The molecule has 0 amide bonds. The van der Waals surface area contributed by atoms with Crippen molar-refractivity contribution in [3.05, 3.63) is 41.8 Å². The molecule has 0 aliphatic carbocycles. The zero-order chi connectivity index (χ0) is 24.1. The molecule has 1 aromatic carbocycles. The molecule has 5 rings (SSSR count). The number of fused-ring (bicyclic) bond motifs is 3. The summed E-state index contributed by atoms with van der Waals surface area (Å²) in [5, 5.41) is 18.1. The lowest BCUT2D eigenvalue weighted by atomic mass is 10.0. The fraction of sp³-hybridized carbons (Fsp3) is 0.364. The van der Waals surface area contributed by atoms with E-state index in [0.29, 0.717) is 29.5 Å². The highest BCUT2D eigenvalue weighted by Crippen LogP contribution is 2.41. The summed E-state index contributed by atoms with van der Waals surface area (Å²) >= 11 is 1.30. The molecule has 12 heteroatoms. The summed E-state index contributed by atoms with van der Waals surface area (Å²) in [6, 6.07) is 5.73. The van der Waals surface area contributed by atoms with E-state index >= 15 is 0 Å². The van der Waals surface area contributed by atoms with Crippen LogP contribution < -0.4 is 4.74 Å². The van der Waals surface area contributed by atoms with Crippen molar-refractivity contribution in [2.45, 2.75) is 38.5 Å². The second kappa shape index (κ2) is 8.20. The first kappa shape index (κ1) is 22.5. The van der Waals surface area contributed by atoms with Crippen molar-refractivity contribution in [3.63, 3.8) is 0 Å². The van der Waals surface area contributed by atoms with Crippen molar-refractivity contribution in [1.29, 1.82) is 0 Å². The molecule has 0 spiro atoms. The number of hydrogen-bond acceptors (Lipinski definition) is 7. The van der Waals surface area contributed by atoms with Crippen molar-refractivity contribution in [2.24, 2.45) is 0 Å². The van der Waals surface area contributed by atoms with Crippen LogP contribution in [0.25, 0.3) is 33.2 Å². The van der Waals surface area contributed by atoms with Gasteiger partial charge in [0.2, 0.25) is 0 Å². The molecule has 0 saturated carbocycles. The Labute approximate surface area is 196 Å². The van der Waals surface area contributed by atoms with E-state index in [2.05, 4.69) is 20.2 Å². The van der Waals surface area contributed by atoms with Crippen LogP contribution >= 0.6 is 11.3 Å². The molecule has 178 valence electrons. The van der Waals surface area contributed by atoms with Gasteiger partial charge >= 0.3 is 6.18 Å². The molecule has 1 N–H and O–H groups in total. The number of aliphatic hydroxyl groups excluding tert-OH is 1. The van der Waals surface area contributed by atoms with Crippen molar-refractivity contribution >= 4 is 11.3 Å². The second-order valence-electron chi connectivity index (χ2n) is 8.60. The number of nitrogens with zero attached hydrogens (tertiary/aromatic N) is 6. The SMILES string of the molecule is CC(C)(CO)n1cc(-c2ccc3c(c2)OCCc2sc(-c4ncnn4CC(F)(F)F)nc2-3)cn1. The molecular weight excluding hydrogens is 469 g/mol. The van der Waals surface area contributed by atoms with Gasteiger partial charge in [-0.05, 0) is 31.5 Å². The van der Waals surface area contributed by atoms with Crippen molar-refractivity contribution in [1.82, 2.24) is 29.5 Å². The Morgan fingerprint density at radius 2 is 2.00 bits per heavy atom. The minimum Gasteiger partial charge on any atom is -0.492 e. The van der Waals surface area contributed by atoms with Crippen LogP contribution in [-0.4, -0.2) is 54.0 Å². The van der Waals surface area contributed by atoms with Crippen LogP contribution in [0, 0.1) is 0 Å². The van der Waals surface area contributed by atoms with Gasteiger partial charge < -0.3 is 9.84 Å². The summed E-state index contributed by atoms with van der Waals surface area (Å²) in [7, 11) is 0. The number of benzene rings is 1. The summed E-state index contributed by atoms with van der Waals surface area (Å²) in [4.78, 5) is 9.57. The summed E-state index contributed by atoms with van der Waals surface area (Å²) in [6.45, 7) is 2.92. The zero-order valence-electron chi connectivity index (χ0n) is 18.4. The van der Waals surface area contributed by atoms with Gasteiger partial charge in [0.15, 0.2) is 10.8 Å². The molecule has 34 heavy (non-hydrogen) atoms. The van der Waals surface area contributed by atoms with E-state index in [1.807, 2.05) is 38.2 Å². The van der Waals surface area contributed by atoms with E-state index in [0.717, 1.165) is 32.6 Å². The Morgan fingerprint density at radius 3 is 2.76 bits per heavy atom. The fourth-order valence-corrected chi connectivity index (χ4v) is 4.75. The average molecular weight is 491 g/mol. The van der Waals surface area contributed by atoms with Gasteiger partial charge in [-0.25, -0.2) is 14.6 Å². The molecule has 3 aromatic heterocycles. The van der Waals surface area contributed by atoms with E-state index in [1.54, 1.807) is 10.9 Å². The Morgan fingerprint density at radius 1 is 1.18 bits per heavy atom. The first-order chi connectivity index (χ1) is 16.1. The van der Waals surface area contributed by atoms with Gasteiger partial charge in [0.25, 0.3) is 0 Å². The summed E-state index contributed by atoms with van der Waals surface area (Å²) in [6.07, 6.45) is 0.875. The van der Waals surface area contributed by atoms with Crippen molar-refractivity contribution in [3.8, 4) is 39.0 Å². The van der Waals surface area contributed by atoms with Gasteiger partial charge in [0.05, 0.1) is 30.6 Å². The van der Waals surface area contributed by atoms with E-state index < -0.39 is 18.3 Å². The molecule has 0 saturated heterocycles. The average Bonchev–Trinajstić information content (AvgIpc) is 3.51. The first-order valence-corrected chi connectivity index (χ1v) is 11.3. The Balaban J connectivity index is 1.50. The summed E-state index contributed by atoms with van der Waals surface area (Å²) in [5.41, 5.74) is 2.68. The molecule has 0 atom stereocenters. The normalized spacial score (nSPS) is 13.8. The number of alkyl halides is 3. The van der Waals surface area contributed by atoms with Gasteiger partial charge in [-0.3, -0.25) is 4.68 Å². The third-order valence-electron chi connectivity index (χ3n) is 5.58. The predicted octanol–water partition coefficient (Wildman–Crippen LogP) is 4.16. The van der Waals surface area contributed by atoms with E-state index in [-0.39, 0.29) is 12.4 Å². The second-order valence-corrected chi connectivity index (χ2v) is 9.68. The molecule has 4 aromatic rings. The number of aliphatic hydroxyl groups is 1. The minimum atomic E-state index is -4.41. The lowest BCUT2D eigenvalue weighted by molar-refractivity contribution is -0.142. The highest BCUT2D eigenvalue weighted by Gasteiger charge is 2.31. The molecular formula is C22H21F3N6O2S. The van der Waals surface area contributed by atoms with Gasteiger partial charge in [0.1, 0.15) is 18.6 Å². The molecule has 1 aliphatic rings.